The van der Waals surface area contributed by atoms with E-state index < -0.39 is 6.10 Å². The average molecular weight is 289 g/mol. The van der Waals surface area contributed by atoms with Gasteiger partial charge in [-0.3, -0.25) is 0 Å². The summed E-state index contributed by atoms with van der Waals surface area (Å²) in [5.74, 6) is 1.83. The minimum absolute atomic E-state index is 0.468. The normalized spacial score (nSPS) is 15.7. The molecule has 0 saturated carbocycles. The van der Waals surface area contributed by atoms with Crippen LogP contribution in [-0.4, -0.2) is 30.8 Å². The Balaban J connectivity index is 2.43. The van der Waals surface area contributed by atoms with Gasteiger partial charge in [-0.2, -0.15) is 0 Å². The predicted octanol–water partition coefficient (Wildman–Crippen LogP) is 1.89. The van der Waals surface area contributed by atoms with Crippen molar-refractivity contribution in [3.8, 4) is 17.2 Å². The molecule has 0 aliphatic carbocycles. The molecule has 1 atom stereocenters. The molecule has 1 heterocycles. The van der Waals surface area contributed by atoms with Gasteiger partial charge >= 0.3 is 0 Å². The highest BCUT2D eigenvalue weighted by Crippen LogP contribution is 2.41. The SMILES string of the molecule is COc1cc(C(O)CBr)cc2c1OCCO2. The topological polar surface area (TPSA) is 47.9 Å². The van der Waals surface area contributed by atoms with Crippen molar-refractivity contribution in [2.75, 3.05) is 25.7 Å². The standard InChI is InChI=1S/C11H13BrO4/c1-14-9-4-7(8(13)6-12)5-10-11(9)16-3-2-15-10/h4-5,8,13H,2-3,6H2,1H3. The molecule has 1 aromatic rings. The van der Waals surface area contributed by atoms with Gasteiger partial charge in [0, 0.05) is 5.33 Å². The minimum atomic E-state index is -0.579. The summed E-state index contributed by atoms with van der Waals surface area (Å²) in [7, 11) is 1.57. The van der Waals surface area contributed by atoms with Crippen LogP contribution in [0.3, 0.4) is 0 Å². The monoisotopic (exact) mass is 288 g/mol. The van der Waals surface area contributed by atoms with Crippen LogP contribution in [0.4, 0.5) is 0 Å². The molecular weight excluding hydrogens is 276 g/mol. The number of benzene rings is 1. The number of rotatable bonds is 3. The van der Waals surface area contributed by atoms with Gasteiger partial charge in [-0.25, -0.2) is 0 Å². The van der Waals surface area contributed by atoms with E-state index in [0.29, 0.717) is 35.8 Å². The van der Waals surface area contributed by atoms with Gasteiger partial charge in [0.15, 0.2) is 11.5 Å². The molecule has 0 amide bonds. The van der Waals surface area contributed by atoms with E-state index in [0.717, 1.165) is 5.56 Å². The third-order valence-corrected chi connectivity index (χ3v) is 2.99. The maximum absolute atomic E-state index is 9.75. The summed E-state index contributed by atoms with van der Waals surface area (Å²) < 4.78 is 16.2. The van der Waals surface area contributed by atoms with Gasteiger partial charge in [0.05, 0.1) is 13.2 Å². The van der Waals surface area contributed by atoms with E-state index in [-0.39, 0.29) is 0 Å². The molecule has 1 N–H and O–H groups in total. The van der Waals surface area contributed by atoms with E-state index in [9.17, 15) is 5.11 Å². The van der Waals surface area contributed by atoms with Gasteiger partial charge in [-0.1, -0.05) is 15.9 Å². The number of aliphatic hydroxyl groups excluding tert-OH is 1. The van der Waals surface area contributed by atoms with Crippen molar-refractivity contribution in [3.63, 3.8) is 0 Å². The molecule has 1 unspecified atom stereocenters. The highest BCUT2D eigenvalue weighted by molar-refractivity contribution is 9.09. The molecule has 0 spiro atoms. The van der Waals surface area contributed by atoms with Gasteiger partial charge in [-0.05, 0) is 17.7 Å². The fraction of sp³-hybridized carbons (Fsp3) is 0.455. The van der Waals surface area contributed by atoms with Crippen LogP contribution in [0.1, 0.15) is 11.7 Å². The van der Waals surface area contributed by atoms with E-state index >= 15 is 0 Å². The molecule has 0 bridgehead atoms. The van der Waals surface area contributed by atoms with Crippen LogP contribution in [0, 0.1) is 0 Å². The van der Waals surface area contributed by atoms with Crippen LogP contribution >= 0.6 is 15.9 Å². The number of aliphatic hydroxyl groups is 1. The Morgan fingerprint density at radius 2 is 2.19 bits per heavy atom. The smallest absolute Gasteiger partial charge is 0.203 e. The fourth-order valence-electron chi connectivity index (χ4n) is 1.57. The zero-order valence-corrected chi connectivity index (χ0v) is 10.5. The number of methoxy groups -OCH3 is 1. The first-order chi connectivity index (χ1) is 7.76. The van der Waals surface area contributed by atoms with Crippen molar-refractivity contribution in [2.24, 2.45) is 0 Å². The minimum Gasteiger partial charge on any atom is -0.493 e. The largest absolute Gasteiger partial charge is 0.493 e. The lowest BCUT2D eigenvalue weighted by Crippen LogP contribution is -2.16. The van der Waals surface area contributed by atoms with Gasteiger partial charge in [0.25, 0.3) is 0 Å². The first kappa shape index (κ1) is 11.5. The Morgan fingerprint density at radius 3 is 2.88 bits per heavy atom. The first-order valence-corrected chi connectivity index (χ1v) is 6.10. The third kappa shape index (κ3) is 2.10. The lowest BCUT2D eigenvalue weighted by atomic mass is 10.1. The van der Waals surface area contributed by atoms with Crippen LogP contribution in [0.15, 0.2) is 12.1 Å². The van der Waals surface area contributed by atoms with Crippen LogP contribution in [0.2, 0.25) is 0 Å². The van der Waals surface area contributed by atoms with Crippen molar-refractivity contribution in [3.05, 3.63) is 17.7 Å². The molecule has 88 valence electrons. The Labute approximate surface area is 102 Å². The van der Waals surface area contributed by atoms with Gasteiger partial charge < -0.3 is 19.3 Å². The number of fused-ring (bicyclic) bond motifs is 1. The highest BCUT2D eigenvalue weighted by Gasteiger charge is 2.20. The lowest BCUT2D eigenvalue weighted by Gasteiger charge is -2.22. The molecule has 0 aromatic heterocycles. The molecule has 0 saturated heterocycles. The summed E-state index contributed by atoms with van der Waals surface area (Å²) in [4.78, 5) is 0. The van der Waals surface area contributed by atoms with Crippen LogP contribution in [0.25, 0.3) is 0 Å². The van der Waals surface area contributed by atoms with Crippen molar-refractivity contribution in [2.45, 2.75) is 6.10 Å². The summed E-state index contributed by atoms with van der Waals surface area (Å²) in [6.45, 7) is 1.04. The lowest BCUT2D eigenvalue weighted by molar-refractivity contribution is 0.162. The summed E-state index contributed by atoms with van der Waals surface area (Å²) in [5, 5.41) is 10.2. The Morgan fingerprint density at radius 1 is 1.44 bits per heavy atom. The Bertz CT molecular complexity index is 363. The maximum atomic E-state index is 9.75. The number of hydrogen-bond donors (Lipinski definition) is 1. The number of hydrogen-bond acceptors (Lipinski definition) is 4. The maximum Gasteiger partial charge on any atom is 0.203 e. The first-order valence-electron chi connectivity index (χ1n) is 4.98. The summed E-state index contributed by atoms with van der Waals surface area (Å²) in [6.07, 6.45) is -0.579. The Kier molecular flexibility index (Phi) is 3.56. The van der Waals surface area contributed by atoms with Crippen molar-refractivity contribution in [1.29, 1.82) is 0 Å². The molecule has 0 fully saturated rings. The second-order valence-corrected chi connectivity index (χ2v) is 4.06. The molecule has 4 nitrogen and oxygen atoms in total. The number of halogens is 1. The quantitative estimate of drug-likeness (QED) is 0.863. The number of alkyl halides is 1. The van der Waals surface area contributed by atoms with Crippen molar-refractivity contribution in [1.82, 2.24) is 0 Å². The zero-order chi connectivity index (χ0) is 11.5. The summed E-state index contributed by atoms with van der Waals surface area (Å²) in [6, 6.07) is 3.54. The fourth-order valence-corrected chi connectivity index (χ4v) is 1.95. The Hall–Kier alpha value is -0.940. The van der Waals surface area contributed by atoms with E-state index in [1.54, 1.807) is 19.2 Å². The van der Waals surface area contributed by atoms with Gasteiger partial charge in [-0.15, -0.1) is 0 Å². The molecule has 16 heavy (non-hydrogen) atoms. The number of ether oxygens (including phenoxy) is 3. The molecule has 0 radical (unpaired) electrons. The average Bonchev–Trinajstić information content (AvgIpc) is 2.36. The van der Waals surface area contributed by atoms with Crippen molar-refractivity contribution < 1.29 is 19.3 Å². The van der Waals surface area contributed by atoms with Crippen LogP contribution < -0.4 is 14.2 Å². The second kappa shape index (κ2) is 4.93. The van der Waals surface area contributed by atoms with Crippen LogP contribution in [-0.2, 0) is 0 Å². The van der Waals surface area contributed by atoms with Crippen LogP contribution in [0.5, 0.6) is 17.2 Å². The molecular formula is C11H13BrO4. The van der Waals surface area contributed by atoms with E-state index in [4.69, 9.17) is 14.2 Å². The van der Waals surface area contributed by atoms with E-state index in [1.807, 2.05) is 0 Å². The molecule has 5 heteroatoms. The van der Waals surface area contributed by atoms with Gasteiger partial charge in [0.2, 0.25) is 5.75 Å². The zero-order valence-electron chi connectivity index (χ0n) is 8.90. The second-order valence-electron chi connectivity index (χ2n) is 3.42. The predicted molar refractivity (Wildman–Crippen MR) is 62.7 cm³/mol. The molecule has 2 rings (SSSR count). The summed E-state index contributed by atoms with van der Waals surface area (Å²) in [5.41, 5.74) is 0.748. The highest BCUT2D eigenvalue weighted by atomic mass is 79.9. The molecule has 1 aliphatic heterocycles. The molecule has 1 aliphatic rings. The van der Waals surface area contributed by atoms with E-state index in [1.165, 1.54) is 0 Å². The summed E-state index contributed by atoms with van der Waals surface area (Å²) >= 11 is 3.23. The van der Waals surface area contributed by atoms with Gasteiger partial charge in [0.1, 0.15) is 13.2 Å². The van der Waals surface area contributed by atoms with E-state index in [2.05, 4.69) is 15.9 Å². The third-order valence-electron chi connectivity index (χ3n) is 2.38. The van der Waals surface area contributed by atoms with Crippen molar-refractivity contribution >= 4 is 15.9 Å². The molecule has 1 aromatic carbocycles.